The second-order valence-corrected chi connectivity index (χ2v) is 5.12. The number of rotatable bonds is 4. The lowest BCUT2D eigenvalue weighted by Crippen LogP contribution is -2.06. The lowest BCUT2D eigenvalue weighted by molar-refractivity contribution is 0.103. The van der Waals surface area contributed by atoms with E-state index in [1.165, 1.54) is 0 Å². The van der Waals surface area contributed by atoms with Crippen LogP contribution in [0.25, 0.3) is 0 Å². The van der Waals surface area contributed by atoms with E-state index in [0.29, 0.717) is 22.6 Å². The molecule has 0 spiro atoms. The highest BCUT2D eigenvalue weighted by atomic mass is 79.9. The molecule has 2 aromatic rings. The summed E-state index contributed by atoms with van der Waals surface area (Å²) in [6, 6.07) is 10.8. The molecule has 0 amide bonds. The highest BCUT2D eigenvalue weighted by Gasteiger charge is 2.18. The van der Waals surface area contributed by atoms with Crippen molar-refractivity contribution in [3.63, 3.8) is 0 Å². The Kier molecular flexibility index (Phi) is 4.45. The van der Waals surface area contributed by atoms with Gasteiger partial charge in [0.25, 0.3) is 0 Å². The zero-order valence-corrected chi connectivity index (χ0v) is 13.2. The van der Waals surface area contributed by atoms with Crippen molar-refractivity contribution < 1.29 is 14.3 Å². The Morgan fingerprint density at radius 3 is 2.45 bits per heavy atom. The molecule has 0 aliphatic heterocycles. The van der Waals surface area contributed by atoms with Gasteiger partial charge in [0, 0.05) is 10.0 Å². The average molecular weight is 335 g/mol. The molecular weight excluding hydrogens is 320 g/mol. The molecule has 0 atom stereocenters. The number of benzene rings is 2. The van der Waals surface area contributed by atoms with E-state index in [9.17, 15) is 4.79 Å². The second-order valence-electron chi connectivity index (χ2n) is 4.33. The van der Waals surface area contributed by atoms with Crippen LogP contribution >= 0.6 is 15.9 Å². The average Bonchev–Trinajstić information content (AvgIpc) is 2.48. The number of ether oxygens (including phenoxy) is 2. The fourth-order valence-electron chi connectivity index (χ4n) is 1.96. The largest absolute Gasteiger partial charge is 0.497 e. The standard InChI is InChI=1S/C16H15BrO3/c1-10-5-4-6-12(15(10)17)16(18)13-9-11(19-2)7-8-14(13)20-3/h4-9H,1-3H3. The lowest BCUT2D eigenvalue weighted by atomic mass is 10.0. The Morgan fingerprint density at radius 2 is 1.80 bits per heavy atom. The van der Waals surface area contributed by atoms with Gasteiger partial charge in [-0.25, -0.2) is 0 Å². The van der Waals surface area contributed by atoms with Gasteiger partial charge in [0.1, 0.15) is 11.5 Å². The molecule has 0 N–H and O–H groups in total. The van der Waals surface area contributed by atoms with Gasteiger partial charge >= 0.3 is 0 Å². The molecule has 0 aromatic heterocycles. The van der Waals surface area contributed by atoms with E-state index in [1.807, 2.05) is 19.1 Å². The molecule has 0 radical (unpaired) electrons. The maximum atomic E-state index is 12.7. The maximum Gasteiger partial charge on any atom is 0.198 e. The van der Waals surface area contributed by atoms with E-state index in [1.54, 1.807) is 38.5 Å². The van der Waals surface area contributed by atoms with Crippen molar-refractivity contribution in [2.45, 2.75) is 6.92 Å². The third kappa shape index (κ3) is 2.70. The summed E-state index contributed by atoms with van der Waals surface area (Å²) in [5, 5.41) is 0. The summed E-state index contributed by atoms with van der Waals surface area (Å²) in [4.78, 5) is 12.7. The second kappa shape index (κ2) is 6.09. The first kappa shape index (κ1) is 14.6. The summed E-state index contributed by atoms with van der Waals surface area (Å²) in [7, 11) is 3.11. The van der Waals surface area contributed by atoms with Crippen molar-refractivity contribution >= 4 is 21.7 Å². The number of hydrogen-bond acceptors (Lipinski definition) is 3. The predicted molar refractivity (Wildman–Crippen MR) is 81.9 cm³/mol. The minimum Gasteiger partial charge on any atom is -0.497 e. The quantitative estimate of drug-likeness (QED) is 0.792. The first-order valence-electron chi connectivity index (χ1n) is 6.10. The van der Waals surface area contributed by atoms with Crippen LogP contribution in [0, 0.1) is 6.92 Å². The maximum absolute atomic E-state index is 12.7. The summed E-state index contributed by atoms with van der Waals surface area (Å²) >= 11 is 3.47. The van der Waals surface area contributed by atoms with Gasteiger partial charge in [-0.15, -0.1) is 0 Å². The van der Waals surface area contributed by atoms with Crippen molar-refractivity contribution in [1.82, 2.24) is 0 Å². The first-order chi connectivity index (χ1) is 9.58. The Labute approximate surface area is 126 Å². The molecule has 104 valence electrons. The van der Waals surface area contributed by atoms with Crippen LogP contribution in [0.3, 0.4) is 0 Å². The molecule has 2 aromatic carbocycles. The topological polar surface area (TPSA) is 35.5 Å². The monoisotopic (exact) mass is 334 g/mol. The number of methoxy groups -OCH3 is 2. The molecule has 0 aliphatic rings. The van der Waals surface area contributed by atoms with Gasteiger partial charge in [-0.3, -0.25) is 4.79 Å². The number of carbonyl (C=O) groups is 1. The van der Waals surface area contributed by atoms with E-state index < -0.39 is 0 Å². The zero-order valence-electron chi connectivity index (χ0n) is 11.6. The van der Waals surface area contributed by atoms with Crippen LogP contribution in [0.2, 0.25) is 0 Å². The van der Waals surface area contributed by atoms with E-state index >= 15 is 0 Å². The molecule has 2 rings (SSSR count). The Hall–Kier alpha value is -1.81. The van der Waals surface area contributed by atoms with Crippen molar-refractivity contribution in [1.29, 1.82) is 0 Å². The number of aryl methyl sites for hydroxylation is 1. The van der Waals surface area contributed by atoms with Crippen LogP contribution < -0.4 is 9.47 Å². The molecule has 0 fully saturated rings. The minimum absolute atomic E-state index is 0.101. The number of halogens is 1. The van der Waals surface area contributed by atoms with Gasteiger partial charge < -0.3 is 9.47 Å². The van der Waals surface area contributed by atoms with Crippen LogP contribution in [0.4, 0.5) is 0 Å². The van der Waals surface area contributed by atoms with Crippen LogP contribution in [0.1, 0.15) is 21.5 Å². The molecule has 0 saturated heterocycles. The molecular formula is C16H15BrO3. The molecule has 20 heavy (non-hydrogen) atoms. The van der Waals surface area contributed by atoms with Crippen LogP contribution in [-0.4, -0.2) is 20.0 Å². The summed E-state index contributed by atoms with van der Waals surface area (Å²) in [6.07, 6.45) is 0. The fourth-order valence-corrected chi connectivity index (χ4v) is 2.40. The summed E-state index contributed by atoms with van der Waals surface area (Å²) in [5.41, 5.74) is 2.10. The molecule has 4 heteroatoms. The molecule has 0 heterocycles. The molecule has 0 bridgehead atoms. The number of carbonyl (C=O) groups excluding carboxylic acids is 1. The van der Waals surface area contributed by atoms with Gasteiger partial charge in [-0.05, 0) is 52.7 Å². The first-order valence-corrected chi connectivity index (χ1v) is 6.89. The van der Waals surface area contributed by atoms with Gasteiger partial charge in [0.2, 0.25) is 0 Å². The number of ketones is 1. The van der Waals surface area contributed by atoms with Crippen molar-refractivity contribution in [3.05, 3.63) is 57.6 Å². The van der Waals surface area contributed by atoms with Crippen molar-refractivity contribution in [2.75, 3.05) is 14.2 Å². The third-order valence-electron chi connectivity index (χ3n) is 3.09. The van der Waals surface area contributed by atoms with Crippen molar-refractivity contribution in [2.24, 2.45) is 0 Å². The van der Waals surface area contributed by atoms with E-state index in [-0.39, 0.29) is 5.78 Å². The molecule has 0 aliphatic carbocycles. The van der Waals surface area contributed by atoms with Gasteiger partial charge in [0.05, 0.1) is 19.8 Å². The molecule has 3 nitrogen and oxygen atoms in total. The van der Waals surface area contributed by atoms with Crippen molar-refractivity contribution in [3.8, 4) is 11.5 Å². The molecule has 0 unspecified atom stereocenters. The van der Waals surface area contributed by atoms with E-state index in [2.05, 4.69) is 15.9 Å². The van der Waals surface area contributed by atoms with Gasteiger partial charge in [-0.1, -0.05) is 12.1 Å². The fraction of sp³-hybridized carbons (Fsp3) is 0.188. The van der Waals surface area contributed by atoms with Crippen LogP contribution in [-0.2, 0) is 0 Å². The SMILES string of the molecule is COc1ccc(OC)c(C(=O)c2cccc(C)c2Br)c1. The Morgan fingerprint density at radius 1 is 1.05 bits per heavy atom. The molecule has 0 saturated carbocycles. The minimum atomic E-state index is -0.101. The van der Waals surface area contributed by atoms with E-state index in [4.69, 9.17) is 9.47 Å². The van der Waals surface area contributed by atoms with E-state index in [0.717, 1.165) is 10.0 Å². The third-order valence-corrected chi connectivity index (χ3v) is 4.14. The highest BCUT2D eigenvalue weighted by molar-refractivity contribution is 9.10. The number of hydrogen-bond donors (Lipinski definition) is 0. The van der Waals surface area contributed by atoms with Gasteiger partial charge in [-0.2, -0.15) is 0 Å². The normalized spacial score (nSPS) is 10.2. The predicted octanol–water partition coefficient (Wildman–Crippen LogP) is 4.01. The van der Waals surface area contributed by atoms with Crippen LogP contribution in [0.5, 0.6) is 11.5 Å². The zero-order chi connectivity index (χ0) is 14.7. The summed E-state index contributed by atoms with van der Waals surface area (Å²) in [5.74, 6) is 1.05. The summed E-state index contributed by atoms with van der Waals surface area (Å²) < 4.78 is 11.2. The Balaban J connectivity index is 2.55. The van der Waals surface area contributed by atoms with Gasteiger partial charge in [0.15, 0.2) is 5.78 Å². The highest BCUT2D eigenvalue weighted by Crippen LogP contribution is 2.29. The van der Waals surface area contributed by atoms with Crippen LogP contribution in [0.15, 0.2) is 40.9 Å². The lowest BCUT2D eigenvalue weighted by Gasteiger charge is -2.11. The smallest absolute Gasteiger partial charge is 0.198 e. The Bertz CT molecular complexity index is 650. The summed E-state index contributed by atoms with van der Waals surface area (Å²) in [6.45, 7) is 1.95.